The van der Waals surface area contributed by atoms with Crippen molar-refractivity contribution in [3.8, 4) is 5.75 Å². The summed E-state index contributed by atoms with van der Waals surface area (Å²) >= 11 is 5.37. The van der Waals surface area contributed by atoms with E-state index in [4.69, 9.17) is 4.74 Å². The summed E-state index contributed by atoms with van der Waals surface area (Å²) in [6.45, 7) is 6.24. The number of halogens is 1. The summed E-state index contributed by atoms with van der Waals surface area (Å²) in [7, 11) is 1.75. The van der Waals surface area contributed by atoms with Crippen molar-refractivity contribution in [2.75, 3.05) is 38.2 Å². The quantitative estimate of drug-likeness (QED) is 0.601. The molecule has 1 N–H and O–H groups in total. The van der Waals surface area contributed by atoms with E-state index >= 15 is 0 Å². The van der Waals surface area contributed by atoms with Crippen LogP contribution in [0.3, 0.4) is 0 Å². The van der Waals surface area contributed by atoms with E-state index in [0.29, 0.717) is 0 Å². The van der Waals surface area contributed by atoms with Crippen LogP contribution in [0.15, 0.2) is 52.0 Å². The second-order valence-corrected chi connectivity index (χ2v) is 8.62. The summed E-state index contributed by atoms with van der Waals surface area (Å²) in [6.07, 6.45) is 3.29. The molecule has 0 amide bonds. The van der Waals surface area contributed by atoms with Crippen LogP contribution in [0.1, 0.15) is 12.5 Å². The summed E-state index contributed by atoms with van der Waals surface area (Å²) < 4.78 is 9.01. The highest BCUT2D eigenvalue weighted by Crippen LogP contribution is 2.36. The van der Waals surface area contributed by atoms with Crippen LogP contribution >= 0.6 is 27.9 Å². The number of ether oxygens (including phenoxy) is 1. The molecule has 1 fully saturated rings. The number of methoxy groups -OCH3 is 1. The molecule has 27 heavy (non-hydrogen) atoms. The van der Waals surface area contributed by atoms with Crippen molar-refractivity contribution in [1.82, 2.24) is 9.29 Å². The van der Waals surface area contributed by atoms with Crippen molar-refractivity contribution in [1.29, 1.82) is 0 Å². The molecule has 0 atom stereocenters. The Kier molecular flexibility index (Phi) is 5.66. The summed E-state index contributed by atoms with van der Waals surface area (Å²) in [6, 6.07) is 13.0. The number of rotatable bonds is 5. The maximum absolute atomic E-state index is 5.63. The van der Waals surface area contributed by atoms with Crippen molar-refractivity contribution < 1.29 is 4.74 Å². The van der Waals surface area contributed by atoms with Gasteiger partial charge in [-0.3, -0.25) is 3.97 Å². The fraction of sp³-hybridized carbons (Fsp3) is 0.333. The largest absolute Gasteiger partial charge is 0.495 e. The fourth-order valence-corrected chi connectivity index (χ4v) is 4.89. The molecule has 4 rings (SSSR count). The molecule has 0 spiro atoms. The number of aromatic nitrogens is 1. The van der Waals surface area contributed by atoms with Crippen molar-refractivity contribution in [2.24, 2.45) is 0 Å². The Labute approximate surface area is 173 Å². The Hall–Kier alpha value is -1.63. The summed E-state index contributed by atoms with van der Waals surface area (Å²) in [5.41, 5.74) is 3.80. The average molecular weight is 446 g/mol. The van der Waals surface area contributed by atoms with Gasteiger partial charge in [0, 0.05) is 47.1 Å². The van der Waals surface area contributed by atoms with Crippen LogP contribution in [0, 0.1) is 0 Å². The zero-order valence-corrected chi connectivity index (χ0v) is 18.1. The van der Waals surface area contributed by atoms with Gasteiger partial charge in [-0.15, -0.1) is 0 Å². The van der Waals surface area contributed by atoms with Crippen LogP contribution in [0.4, 0.5) is 5.69 Å². The van der Waals surface area contributed by atoms with Crippen molar-refractivity contribution >= 4 is 44.5 Å². The van der Waals surface area contributed by atoms with Gasteiger partial charge in [0.25, 0.3) is 0 Å². The topological polar surface area (TPSA) is 29.4 Å². The maximum Gasteiger partial charge on any atom is 0.142 e. The molecule has 0 radical (unpaired) electrons. The van der Waals surface area contributed by atoms with Gasteiger partial charge in [-0.05, 0) is 54.3 Å². The van der Waals surface area contributed by atoms with Gasteiger partial charge in [0.15, 0.2) is 0 Å². The zero-order chi connectivity index (χ0) is 18.8. The van der Waals surface area contributed by atoms with Gasteiger partial charge < -0.3 is 15.0 Å². The summed E-state index contributed by atoms with van der Waals surface area (Å²) in [5, 5.41) is 4.74. The predicted molar refractivity (Wildman–Crippen MR) is 118 cm³/mol. The van der Waals surface area contributed by atoms with Gasteiger partial charge in [-0.1, -0.05) is 28.9 Å². The highest BCUT2D eigenvalue weighted by molar-refractivity contribution is 9.10. The number of aryl methyl sites for hydroxylation is 1. The zero-order valence-electron chi connectivity index (χ0n) is 15.7. The molecule has 0 bridgehead atoms. The monoisotopic (exact) mass is 445 g/mol. The van der Waals surface area contributed by atoms with Crippen LogP contribution in [0.5, 0.6) is 5.75 Å². The number of hydrogen-bond acceptors (Lipinski definition) is 4. The molecule has 0 unspecified atom stereocenters. The Bertz CT molecular complexity index is 950. The van der Waals surface area contributed by atoms with Gasteiger partial charge in [0.05, 0.1) is 18.3 Å². The van der Waals surface area contributed by atoms with Gasteiger partial charge in [0.1, 0.15) is 5.75 Å². The summed E-state index contributed by atoms with van der Waals surface area (Å²) in [4.78, 5) is 3.62. The molecule has 3 aromatic rings. The number of fused-ring (bicyclic) bond motifs is 1. The third-order valence-electron chi connectivity index (χ3n) is 5.01. The fourth-order valence-electron chi connectivity index (χ4n) is 3.59. The number of piperazine rings is 1. The first-order valence-electron chi connectivity index (χ1n) is 9.31. The number of benzene rings is 2. The van der Waals surface area contributed by atoms with Crippen LogP contribution in [0.2, 0.25) is 0 Å². The van der Waals surface area contributed by atoms with E-state index in [1.165, 1.54) is 27.0 Å². The average Bonchev–Trinajstić information content (AvgIpc) is 3.05. The summed E-state index contributed by atoms with van der Waals surface area (Å²) in [5.74, 6) is 0.940. The smallest absolute Gasteiger partial charge is 0.142 e. The van der Waals surface area contributed by atoms with Crippen LogP contribution < -0.4 is 15.0 Å². The minimum absolute atomic E-state index is 0.940. The number of nitrogens with zero attached hydrogens (tertiary/aromatic N) is 2. The Morgan fingerprint density at radius 2 is 1.96 bits per heavy atom. The van der Waals surface area contributed by atoms with Crippen LogP contribution in [0.25, 0.3) is 10.9 Å². The molecular formula is C21H24BrN3OS. The minimum Gasteiger partial charge on any atom is -0.495 e. The second-order valence-electron chi connectivity index (χ2n) is 6.66. The molecule has 1 saturated heterocycles. The Balaban J connectivity index is 1.70. The first-order valence-corrected chi connectivity index (χ1v) is 10.9. The van der Waals surface area contributed by atoms with Crippen LogP contribution in [-0.2, 0) is 6.42 Å². The lowest BCUT2D eigenvalue weighted by atomic mass is 10.1. The minimum atomic E-state index is 0.940. The first-order chi connectivity index (χ1) is 13.2. The molecule has 6 heteroatoms. The highest BCUT2D eigenvalue weighted by Gasteiger charge is 2.16. The molecule has 142 valence electrons. The Morgan fingerprint density at radius 1 is 1.15 bits per heavy atom. The Morgan fingerprint density at radius 3 is 2.70 bits per heavy atom. The predicted octanol–water partition coefficient (Wildman–Crippen LogP) is 4.94. The molecule has 1 aromatic heterocycles. The van der Waals surface area contributed by atoms with Crippen molar-refractivity contribution in [3.05, 3.63) is 52.6 Å². The van der Waals surface area contributed by atoms with E-state index in [-0.39, 0.29) is 0 Å². The lowest BCUT2D eigenvalue weighted by Crippen LogP contribution is -2.43. The normalized spacial score (nSPS) is 14.7. The van der Waals surface area contributed by atoms with Crippen LogP contribution in [-0.4, -0.2) is 37.3 Å². The van der Waals surface area contributed by atoms with E-state index in [1.54, 1.807) is 19.1 Å². The maximum atomic E-state index is 5.63. The highest BCUT2D eigenvalue weighted by atomic mass is 79.9. The standard InChI is InChI=1S/C21H24BrN3OS/c1-3-15-14-25(19-12-16(22)4-6-18(15)19)27-17-5-7-21(26-2)20(13-17)24-10-8-23-9-11-24/h4-7,12-14,23H,3,8-11H2,1-2H3. The van der Waals surface area contributed by atoms with E-state index in [1.807, 2.05) is 0 Å². The van der Waals surface area contributed by atoms with Crippen molar-refractivity contribution in [2.45, 2.75) is 18.2 Å². The third-order valence-corrected chi connectivity index (χ3v) is 6.47. The number of nitrogens with one attached hydrogen (secondary N) is 1. The van der Waals surface area contributed by atoms with Gasteiger partial charge in [-0.2, -0.15) is 0 Å². The van der Waals surface area contributed by atoms with E-state index in [2.05, 4.69) is 79.6 Å². The number of anilines is 1. The van der Waals surface area contributed by atoms with Gasteiger partial charge >= 0.3 is 0 Å². The van der Waals surface area contributed by atoms with E-state index in [0.717, 1.165) is 42.8 Å². The molecule has 0 saturated carbocycles. The molecule has 4 nitrogen and oxygen atoms in total. The lowest BCUT2D eigenvalue weighted by molar-refractivity contribution is 0.412. The number of hydrogen-bond donors (Lipinski definition) is 1. The molecular weight excluding hydrogens is 422 g/mol. The van der Waals surface area contributed by atoms with Gasteiger partial charge in [-0.25, -0.2) is 0 Å². The van der Waals surface area contributed by atoms with Gasteiger partial charge in [0.2, 0.25) is 0 Å². The SMILES string of the molecule is CCc1cn(Sc2ccc(OC)c(N3CCNCC3)c2)c2cc(Br)ccc12. The van der Waals surface area contributed by atoms with E-state index in [9.17, 15) is 0 Å². The molecule has 1 aliphatic heterocycles. The molecule has 0 aliphatic carbocycles. The first kappa shape index (κ1) is 18.7. The third kappa shape index (κ3) is 3.84. The molecule has 1 aliphatic rings. The molecule has 2 aromatic carbocycles. The second kappa shape index (κ2) is 8.17. The lowest BCUT2D eigenvalue weighted by Gasteiger charge is -2.30. The molecule has 2 heterocycles. The van der Waals surface area contributed by atoms with E-state index < -0.39 is 0 Å². The van der Waals surface area contributed by atoms with Crippen molar-refractivity contribution in [3.63, 3.8) is 0 Å².